The second kappa shape index (κ2) is 5.89. The molecule has 1 unspecified atom stereocenters. The van der Waals surface area contributed by atoms with Crippen LogP contribution in [0.15, 0.2) is 11.6 Å². The molecule has 0 aliphatic rings. The van der Waals surface area contributed by atoms with Gasteiger partial charge in [0.05, 0.1) is 21.0 Å². The third-order valence-electron chi connectivity index (χ3n) is 1.09. The zero-order valence-corrected chi connectivity index (χ0v) is 9.48. The van der Waals surface area contributed by atoms with Crippen molar-refractivity contribution >= 4 is 15.6 Å². The van der Waals surface area contributed by atoms with E-state index in [1.54, 1.807) is 0 Å². The van der Waals surface area contributed by atoms with Crippen molar-refractivity contribution in [3.63, 3.8) is 0 Å². The summed E-state index contributed by atoms with van der Waals surface area (Å²) in [7, 11) is -10.8. The van der Waals surface area contributed by atoms with Crippen molar-refractivity contribution in [1.29, 1.82) is 0 Å². The molecule has 0 aliphatic carbocycles. The molecule has 0 aliphatic heterocycles. The Labute approximate surface area is 86.0 Å². The zero-order valence-electron chi connectivity index (χ0n) is 7.69. The first-order valence-corrected chi connectivity index (χ1v) is 6.54. The summed E-state index contributed by atoms with van der Waals surface area (Å²) in [5, 5.41) is 8.40. The summed E-state index contributed by atoms with van der Waals surface area (Å²) < 4.78 is 27.9. The van der Waals surface area contributed by atoms with Crippen molar-refractivity contribution < 1.29 is 37.8 Å². The molecular formula is C5H9O8P2-3. The second-order valence-electron chi connectivity index (χ2n) is 2.48. The summed E-state index contributed by atoms with van der Waals surface area (Å²) >= 11 is 0. The standard InChI is InChI=1S/C5H12O8P2/c1-5(2-3-6)4-12-15(10,11)13-14(7,8)9/h2,6H,3-4H2,1H3,(H,10,11)(H2,7,8,9)/p-3/b5-2-. The average Bonchev–Trinajstić information content (AvgIpc) is 1.97. The number of aliphatic hydroxyl groups is 1. The lowest BCUT2D eigenvalue weighted by molar-refractivity contribution is -0.339. The van der Waals surface area contributed by atoms with Gasteiger partial charge in [-0.1, -0.05) is 6.08 Å². The van der Waals surface area contributed by atoms with Gasteiger partial charge >= 0.3 is 0 Å². The lowest BCUT2D eigenvalue weighted by atomic mass is 10.3. The molecule has 0 aromatic rings. The van der Waals surface area contributed by atoms with E-state index in [0.717, 1.165) is 0 Å². The van der Waals surface area contributed by atoms with Crippen LogP contribution in [-0.4, -0.2) is 18.3 Å². The van der Waals surface area contributed by atoms with Crippen LogP contribution in [0.25, 0.3) is 0 Å². The normalized spacial score (nSPS) is 17.5. The van der Waals surface area contributed by atoms with Crippen LogP contribution in [0, 0.1) is 0 Å². The first kappa shape index (κ1) is 15.0. The molecule has 0 spiro atoms. The van der Waals surface area contributed by atoms with E-state index < -0.39 is 22.3 Å². The van der Waals surface area contributed by atoms with Gasteiger partial charge in [0.15, 0.2) is 0 Å². The molecule has 0 fully saturated rings. The maximum absolute atomic E-state index is 10.7. The van der Waals surface area contributed by atoms with Crippen LogP contribution in [0.5, 0.6) is 0 Å². The van der Waals surface area contributed by atoms with Crippen molar-refractivity contribution in [3.05, 3.63) is 11.6 Å². The van der Waals surface area contributed by atoms with Gasteiger partial charge in [0.1, 0.15) is 0 Å². The van der Waals surface area contributed by atoms with Crippen LogP contribution < -0.4 is 14.7 Å². The summed E-state index contributed by atoms with van der Waals surface area (Å²) in [6, 6.07) is 0. The number of phosphoric acid groups is 2. The van der Waals surface area contributed by atoms with Gasteiger partial charge in [0.2, 0.25) is 0 Å². The Morgan fingerprint density at radius 2 is 1.93 bits per heavy atom. The minimum atomic E-state index is -5.63. The molecule has 0 aromatic heterocycles. The van der Waals surface area contributed by atoms with Crippen molar-refractivity contribution in [2.45, 2.75) is 6.92 Å². The maximum atomic E-state index is 10.7. The van der Waals surface area contributed by atoms with E-state index in [9.17, 15) is 23.8 Å². The molecule has 10 heteroatoms. The van der Waals surface area contributed by atoms with Gasteiger partial charge in [-0.2, -0.15) is 0 Å². The van der Waals surface area contributed by atoms with Gasteiger partial charge in [0, 0.05) is 0 Å². The molecule has 0 saturated carbocycles. The number of hydrogen-bond acceptors (Lipinski definition) is 8. The summed E-state index contributed by atoms with van der Waals surface area (Å²) in [5.41, 5.74) is 0.337. The van der Waals surface area contributed by atoms with Gasteiger partial charge in [-0.3, -0.25) is 8.88 Å². The van der Waals surface area contributed by atoms with E-state index in [1.807, 2.05) is 0 Å². The topological polar surface area (TPSA) is 142 Å². The molecule has 0 radical (unpaired) electrons. The highest BCUT2D eigenvalue weighted by molar-refractivity contribution is 7.58. The Hall–Kier alpha value is -0.0400. The molecule has 1 N–H and O–H groups in total. The lowest BCUT2D eigenvalue weighted by Gasteiger charge is -2.35. The minimum absolute atomic E-state index is 0.319. The van der Waals surface area contributed by atoms with E-state index in [-0.39, 0.29) is 6.61 Å². The van der Waals surface area contributed by atoms with Crippen molar-refractivity contribution in [2.75, 3.05) is 13.2 Å². The van der Waals surface area contributed by atoms with Crippen LogP contribution in [0.4, 0.5) is 0 Å². The molecule has 0 aromatic carbocycles. The maximum Gasteiger partial charge on any atom is 0.272 e. The number of aliphatic hydroxyl groups excluding tert-OH is 1. The molecule has 0 amide bonds. The Bertz CT molecular complexity index is 317. The molecule has 0 saturated heterocycles. The Morgan fingerprint density at radius 3 is 2.33 bits per heavy atom. The van der Waals surface area contributed by atoms with Crippen molar-refractivity contribution in [3.8, 4) is 0 Å². The highest BCUT2D eigenvalue weighted by Crippen LogP contribution is 2.50. The Balaban J connectivity index is 4.23. The summed E-state index contributed by atoms with van der Waals surface area (Å²) in [6.07, 6.45) is 1.24. The summed E-state index contributed by atoms with van der Waals surface area (Å²) in [6.45, 7) is 0.617. The monoisotopic (exact) mass is 259 g/mol. The fourth-order valence-corrected chi connectivity index (χ4v) is 2.07. The van der Waals surface area contributed by atoms with Crippen LogP contribution in [0.3, 0.4) is 0 Å². The number of hydrogen-bond donors (Lipinski definition) is 1. The van der Waals surface area contributed by atoms with E-state index in [0.29, 0.717) is 5.57 Å². The fourth-order valence-electron chi connectivity index (χ4n) is 0.542. The van der Waals surface area contributed by atoms with E-state index >= 15 is 0 Å². The first-order valence-electron chi connectivity index (χ1n) is 3.62. The van der Waals surface area contributed by atoms with Crippen LogP contribution in [0.2, 0.25) is 0 Å². The fraction of sp³-hybridized carbons (Fsp3) is 0.600. The van der Waals surface area contributed by atoms with Gasteiger partial charge in [-0.25, -0.2) is 0 Å². The summed E-state index contributed by atoms with van der Waals surface area (Å²) in [4.78, 5) is 30.6. The Kier molecular flexibility index (Phi) is 5.87. The first-order chi connectivity index (χ1) is 6.66. The highest BCUT2D eigenvalue weighted by atomic mass is 31.3. The van der Waals surface area contributed by atoms with Gasteiger partial charge in [0.25, 0.3) is 7.82 Å². The summed E-state index contributed by atoms with van der Waals surface area (Å²) in [5.74, 6) is 0. The van der Waals surface area contributed by atoms with Gasteiger partial charge < -0.3 is 28.9 Å². The van der Waals surface area contributed by atoms with Crippen LogP contribution >= 0.6 is 15.6 Å². The molecule has 15 heavy (non-hydrogen) atoms. The van der Waals surface area contributed by atoms with Crippen LogP contribution in [-0.2, 0) is 18.0 Å². The molecular weight excluding hydrogens is 250 g/mol. The van der Waals surface area contributed by atoms with E-state index in [4.69, 9.17) is 5.11 Å². The number of rotatable bonds is 6. The minimum Gasteiger partial charge on any atom is -0.790 e. The predicted molar refractivity (Wildman–Crippen MR) is 43.1 cm³/mol. The molecule has 1 atom stereocenters. The molecule has 90 valence electrons. The second-order valence-corrected chi connectivity index (χ2v) is 5.18. The molecule has 0 bridgehead atoms. The largest absolute Gasteiger partial charge is 0.790 e. The van der Waals surface area contributed by atoms with Crippen LogP contribution in [0.1, 0.15) is 6.92 Å². The third-order valence-corrected chi connectivity index (χ3v) is 3.14. The van der Waals surface area contributed by atoms with Gasteiger partial charge in [-0.05, 0) is 12.5 Å². The number of phosphoric ester groups is 1. The molecule has 0 heterocycles. The quantitative estimate of drug-likeness (QED) is 0.437. The average molecular weight is 259 g/mol. The highest BCUT2D eigenvalue weighted by Gasteiger charge is 2.11. The SMILES string of the molecule is C/C(=C/CO)COP(=O)([O-])OP(=O)([O-])[O-]. The molecule has 0 rings (SSSR count). The smallest absolute Gasteiger partial charge is 0.272 e. The van der Waals surface area contributed by atoms with E-state index in [2.05, 4.69) is 8.83 Å². The van der Waals surface area contributed by atoms with Gasteiger partial charge in [-0.15, -0.1) is 0 Å². The third kappa shape index (κ3) is 8.92. The predicted octanol–water partition coefficient (Wildman–Crippen LogP) is -1.74. The Morgan fingerprint density at radius 1 is 1.40 bits per heavy atom. The molecule has 8 nitrogen and oxygen atoms in total. The van der Waals surface area contributed by atoms with Crippen molar-refractivity contribution in [2.24, 2.45) is 0 Å². The zero-order chi connectivity index (χ0) is 12.1. The van der Waals surface area contributed by atoms with E-state index in [1.165, 1.54) is 13.0 Å². The van der Waals surface area contributed by atoms with Crippen molar-refractivity contribution in [1.82, 2.24) is 0 Å². The lowest BCUT2D eigenvalue weighted by Crippen LogP contribution is -2.19.